The van der Waals surface area contributed by atoms with Crippen molar-refractivity contribution >= 4 is 34.0 Å². The fourth-order valence-corrected chi connectivity index (χ4v) is 3.38. The van der Waals surface area contributed by atoms with E-state index >= 15 is 0 Å². The van der Waals surface area contributed by atoms with E-state index in [0.29, 0.717) is 0 Å². The Morgan fingerprint density at radius 3 is 1.03 bits per heavy atom. The van der Waals surface area contributed by atoms with Crippen molar-refractivity contribution in [3.63, 3.8) is 0 Å². The normalized spacial score (nSPS) is 10.2. The van der Waals surface area contributed by atoms with E-state index < -0.39 is 0 Å². The largest absolute Gasteiger partial charge is 0.508 e. The summed E-state index contributed by atoms with van der Waals surface area (Å²) >= 11 is 0. The predicted octanol–water partition coefficient (Wildman–Crippen LogP) is 7.07. The highest BCUT2D eigenvalue weighted by Crippen LogP contribution is 2.16. The van der Waals surface area contributed by atoms with Crippen molar-refractivity contribution in [2.45, 2.75) is 57.8 Å². The van der Waals surface area contributed by atoms with Crippen LogP contribution in [0.1, 0.15) is 62.5 Å². The van der Waals surface area contributed by atoms with Crippen molar-refractivity contribution in [1.82, 2.24) is 9.80 Å². The molecule has 0 spiro atoms. The molecule has 0 unspecified atom stereocenters. The average molecular weight is 590 g/mol. The zero-order chi connectivity index (χ0) is 22.9. The summed E-state index contributed by atoms with van der Waals surface area (Å²) in [7, 11) is 8.63. The third-order valence-corrected chi connectivity index (χ3v) is 5.24. The van der Waals surface area contributed by atoms with Gasteiger partial charge in [-0.1, -0.05) is 62.8 Å². The van der Waals surface area contributed by atoms with Crippen molar-refractivity contribution in [3.05, 3.63) is 59.7 Å². The Balaban J connectivity index is 0. The second kappa shape index (κ2) is 21.5. The molecule has 190 valence electrons. The van der Waals surface area contributed by atoms with E-state index in [2.05, 4.69) is 38.0 Å². The minimum atomic E-state index is 0. The van der Waals surface area contributed by atoms with Gasteiger partial charge in [-0.05, 0) is 95.9 Å². The van der Waals surface area contributed by atoms with Crippen LogP contribution in [0.25, 0.3) is 0 Å². The Hall–Kier alpha value is -1.08. The number of aromatic hydroxyl groups is 2. The number of phenols is 2. The molecule has 4 nitrogen and oxygen atoms in total. The van der Waals surface area contributed by atoms with E-state index in [1.54, 1.807) is 24.3 Å². The van der Waals surface area contributed by atoms with Crippen molar-refractivity contribution in [2.75, 3.05) is 41.3 Å². The number of rotatable bonds is 13. The molecule has 0 radical (unpaired) electrons. The molecule has 0 aliphatic carbocycles. The van der Waals surface area contributed by atoms with Crippen LogP contribution in [0.4, 0.5) is 0 Å². The molecule has 2 aromatic rings. The van der Waals surface area contributed by atoms with E-state index in [0.717, 1.165) is 17.5 Å². The highest BCUT2D eigenvalue weighted by molar-refractivity contribution is 8.93. The lowest BCUT2D eigenvalue weighted by Crippen LogP contribution is -2.12. The highest BCUT2D eigenvalue weighted by atomic mass is 79.9. The minimum Gasteiger partial charge on any atom is -0.508 e. The molecule has 0 saturated carbocycles. The Labute approximate surface area is 223 Å². The van der Waals surface area contributed by atoms with E-state index in [4.69, 9.17) is 10.2 Å². The van der Waals surface area contributed by atoms with Crippen LogP contribution >= 0.6 is 34.0 Å². The maximum absolute atomic E-state index is 9.13. The number of unbranched alkanes of at least 4 members (excludes halogenated alkanes) is 7. The summed E-state index contributed by atoms with van der Waals surface area (Å²) in [6.45, 7) is 2.51. The number of nitrogens with zero attached hydrogens (tertiary/aromatic N) is 2. The first-order chi connectivity index (χ1) is 14.9. The summed E-state index contributed by atoms with van der Waals surface area (Å²) < 4.78 is 0. The van der Waals surface area contributed by atoms with Crippen LogP contribution in [0.2, 0.25) is 0 Å². The van der Waals surface area contributed by atoms with Gasteiger partial charge in [0.05, 0.1) is 0 Å². The summed E-state index contributed by atoms with van der Waals surface area (Å²) in [4.78, 5) is 4.56. The monoisotopic (exact) mass is 588 g/mol. The van der Waals surface area contributed by atoms with Crippen LogP contribution in [0.15, 0.2) is 48.5 Å². The molecule has 0 fully saturated rings. The van der Waals surface area contributed by atoms with Gasteiger partial charge in [0.15, 0.2) is 0 Å². The zero-order valence-electron chi connectivity index (χ0n) is 21.0. The van der Waals surface area contributed by atoms with Gasteiger partial charge in [-0.2, -0.15) is 0 Å². The number of benzene rings is 2. The second-order valence-electron chi connectivity index (χ2n) is 8.94. The van der Waals surface area contributed by atoms with Crippen molar-refractivity contribution in [3.8, 4) is 11.5 Å². The van der Waals surface area contributed by atoms with Crippen molar-refractivity contribution in [2.24, 2.45) is 0 Å². The SMILES string of the molecule is Br.Br.CN(C)CCCCCCCCCCN(C)C.Oc1ccc(Cc2ccc(O)cc2)cc1. The van der Waals surface area contributed by atoms with E-state index in [1.807, 2.05) is 24.3 Å². The summed E-state index contributed by atoms with van der Waals surface area (Å²) in [5.41, 5.74) is 2.27. The van der Waals surface area contributed by atoms with Crippen molar-refractivity contribution < 1.29 is 10.2 Å². The first kappa shape index (κ1) is 34.1. The molecule has 0 aliphatic heterocycles. The van der Waals surface area contributed by atoms with Gasteiger partial charge in [0.2, 0.25) is 0 Å². The fraction of sp³-hybridized carbons (Fsp3) is 0.556. The molecule has 0 saturated heterocycles. The Bertz CT molecular complexity index is 618. The molecular weight excluding hydrogens is 544 g/mol. The molecular formula is C27H46Br2N2O2. The molecule has 0 atom stereocenters. The first-order valence-electron chi connectivity index (χ1n) is 11.7. The number of halogens is 2. The van der Waals surface area contributed by atoms with Crippen molar-refractivity contribution in [1.29, 1.82) is 0 Å². The minimum absolute atomic E-state index is 0. The quantitative estimate of drug-likeness (QED) is 0.245. The zero-order valence-corrected chi connectivity index (χ0v) is 24.4. The molecule has 0 aromatic heterocycles. The van der Waals surface area contributed by atoms with E-state index in [9.17, 15) is 0 Å². The van der Waals surface area contributed by atoms with Gasteiger partial charge in [0.25, 0.3) is 0 Å². The lowest BCUT2D eigenvalue weighted by atomic mass is 10.1. The first-order valence-corrected chi connectivity index (χ1v) is 11.7. The van der Waals surface area contributed by atoms with Gasteiger partial charge in [-0.15, -0.1) is 34.0 Å². The maximum Gasteiger partial charge on any atom is 0.115 e. The molecule has 2 aromatic carbocycles. The Morgan fingerprint density at radius 1 is 0.485 bits per heavy atom. The van der Waals surface area contributed by atoms with E-state index in [1.165, 1.54) is 64.5 Å². The summed E-state index contributed by atoms with van der Waals surface area (Å²) in [6, 6.07) is 14.3. The highest BCUT2D eigenvalue weighted by Gasteiger charge is 1.97. The molecule has 2 N–H and O–H groups in total. The maximum atomic E-state index is 9.13. The number of phenolic OH excluding ortho intramolecular Hbond substituents is 2. The Morgan fingerprint density at radius 2 is 0.758 bits per heavy atom. The number of hydrogen-bond acceptors (Lipinski definition) is 4. The summed E-state index contributed by atoms with van der Waals surface area (Å²) in [6.07, 6.45) is 12.1. The lowest BCUT2D eigenvalue weighted by Gasteiger charge is -2.09. The van der Waals surface area contributed by atoms with Crippen LogP contribution in [0.3, 0.4) is 0 Å². The third kappa shape index (κ3) is 20.0. The molecule has 0 heterocycles. The number of hydrogen-bond donors (Lipinski definition) is 2. The van der Waals surface area contributed by atoms with Gasteiger partial charge < -0.3 is 20.0 Å². The third-order valence-electron chi connectivity index (χ3n) is 5.24. The molecule has 33 heavy (non-hydrogen) atoms. The van der Waals surface area contributed by atoms with Gasteiger partial charge in [0.1, 0.15) is 11.5 Å². The molecule has 0 bridgehead atoms. The fourth-order valence-electron chi connectivity index (χ4n) is 3.38. The van der Waals surface area contributed by atoms with E-state index in [-0.39, 0.29) is 45.5 Å². The molecule has 2 rings (SSSR count). The van der Waals surface area contributed by atoms with Gasteiger partial charge in [-0.3, -0.25) is 0 Å². The predicted molar refractivity (Wildman–Crippen MR) is 154 cm³/mol. The van der Waals surface area contributed by atoms with Crippen LogP contribution < -0.4 is 0 Å². The van der Waals surface area contributed by atoms with Gasteiger partial charge in [-0.25, -0.2) is 0 Å². The smallest absolute Gasteiger partial charge is 0.115 e. The molecule has 0 amide bonds. The van der Waals surface area contributed by atoms with Crippen LogP contribution in [-0.4, -0.2) is 61.3 Å². The average Bonchev–Trinajstić information content (AvgIpc) is 2.73. The second-order valence-corrected chi connectivity index (χ2v) is 8.94. The Kier molecular flexibility index (Phi) is 22.2. The van der Waals surface area contributed by atoms with Crippen LogP contribution in [-0.2, 0) is 6.42 Å². The van der Waals surface area contributed by atoms with Gasteiger partial charge in [0, 0.05) is 0 Å². The molecule has 0 aliphatic rings. The summed E-state index contributed by atoms with van der Waals surface area (Å²) in [5.74, 6) is 0.564. The van der Waals surface area contributed by atoms with Gasteiger partial charge >= 0.3 is 0 Å². The standard InChI is InChI=1S/C14H32N2.C13H12O2.2BrH/c1-15(2)13-11-9-7-5-6-8-10-12-14-16(3)4;14-12-5-1-10(2-6-12)9-11-3-7-13(15)8-4-11;;/h5-14H2,1-4H3;1-8,14-15H,9H2;2*1H. The lowest BCUT2D eigenvalue weighted by molar-refractivity contribution is 0.384. The topological polar surface area (TPSA) is 46.9 Å². The van der Waals surface area contributed by atoms with Crippen LogP contribution in [0, 0.1) is 0 Å². The van der Waals surface area contributed by atoms with Crippen LogP contribution in [0.5, 0.6) is 11.5 Å². The summed E-state index contributed by atoms with van der Waals surface area (Å²) in [5, 5.41) is 18.3. The molecule has 6 heteroatoms.